The minimum atomic E-state index is 0.545. The highest BCUT2D eigenvalue weighted by atomic mass is 16.5. The van der Waals surface area contributed by atoms with E-state index in [9.17, 15) is 0 Å². The van der Waals surface area contributed by atoms with Crippen molar-refractivity contribution in [3.05, 3.63) is 41.5 Å². The van der Waals surface area contributed by atoms with Crippen LogP contribution in [0.3, 0.4) is 0 Å². The van der Waals surface area contributed by atoms with Crippen LogP contribution in [0.4, 0.5) is 0 Å². The van der Waals surface area contributed by atoms with Crippen molar-refractivity contribution in [2.75, 3.05) is 0 Å². The van der Waals surface area contributed by atoms with Gasteiger partial charge in [-0.1, -0.05) is 6.58 Å². The van der Waals surface area contributed by atoms with Gasteiger partial charge in [-0.3, -0.25) is 0 Å². The maximum atomic E-state index is 8.62. The summed E-state index contributed by atoms with van der Waals surface area (Å²) < 4.78 is 5.22. The number of fused-ring (bicyclic) bond motifs is 1. The number of nitrogens with zero attached hydrogens (tertiary/aromatic N) is 1. The Hall–Kier alpha value is -1.75. The normalized spacial score (nSPS) is 13.4. The molecule has 1 aliphatic heterocycles. The Morgan fingerprint density at radius 2 is 2.33 bits per heavy atom. The van der Waals surface area contributed by atoms with Gasteiger partial charge in [0.2, 0.25) is 0 Å². The van der Waals surface area contributed by atoms with Gasteiger partial charge < -0.3 is 4.74 Å². The molecule has 2 heteroatoms. The van der Waals surface area contributed by atoms with E-state index in [-0.39, 0.29) is 0 Å². The smallest absolute Gasteiger partial charge is 0.120 e. The van der Waals surface area contributed by atoms with Crippen molar-refractivity contribution in [3.8, 4) is 6.07 Å². The molecule has 0 radical (unpaired) electrons. The molecule has 0 bridgehead atoms. The summed E-state index contributed by atoms with van der Waals surface area (Å²) in [5, 5.41) is 8.62. The van der Waals surface area contributed by atoms with Crippen molar-refractivity contribution in [1.82, 2.24) is 0 Å². The Labute approximate surface area is 70.7 Å². The van der Waals surface area contributed by atoms with Crippen LogP contribution >= 0.6 is 0 Å². The molecule has 0 saturated heterocycles. The molecule has 2 rings (SSSR count). The molecule has 1 aromatic carbocycles. The number of hydrogen-bond acceptors (Lipinski definition) is 2. The second-order valence-corrected chi connectivity index (χ2v) is 2.70. The number of nitriles is 1. The number of hydrogen-bond donors (Lipinski definition) is 0. The van der Waals surface area contributed by atoms with Crippen LogP contribution in [0.5, 0.6) is 0 Å². The van der Waals surface area contributed by atoms with Crippen LogP contribution in [0.15, 0.2) is 24.8 Å². The Morgan fingerprint density at radius 3 is 3.08 bits per heavy atom. The average Bonchev–Trinajstić information content (AvgIpc) is 2.47. The highest BCUT2D eigenvalue weighted by Gasteiger charge is 2.15. The fraction of sp³-hybridized carbons (Fsp3) is 0.100. The lowest BCUT2D eigenvalue weighted by molar-refractivity contribution is 0.286. The molecule has 1 heterocycles. The van der Waals surface area contributed by atoms with Crippen LogP contribution in [0.2, 0.25) is 0 Å². The molecule has 0 fully saturated rings. The van der Waals surface area contributed by atoms with Gasteiger partial charge in [0.15, 0.2) is 0 Å². The van der Waals surface area contributed by atoms with E-state index < -0.39 is 0 Å². The van der Waals surface area contributed by atoms with Crippen molar-refractivity contribution in [2.45, 2.75) is 6.61 Å². The second-order valence-electron chi connectivity index (χ2n) is 2.70. The predicted octanol–water partition coefficient (Wildman–Crippen LogP) is 2.06. The van der Waals surface area contributed by atoms with Crippen molar-refractivity contribution >= 4 is 5.76 Å². The highest BCUT2D eigenvalue weighted by Crippen LogP contribution is 2.28. The van der Waals surface area contributed by atoms with Gasteiger partial charge in [0.1, 0.15) is 12.4 Å². The molecule has 58 valence electrons. The van der Waals surface area contributed by atoms with Crippen LogP contribution in [-0.2, 0) is 11.3 Å². The maximum Gasteiger partial charge on any atom is 0.120 e. The summed E-state index contributed by atoms with van der Waals surface area (Å²) in [7, 11) is 0. The predicted molar refractivity (Wildman–Crippen MR) is 45.0 cm³/mol. The Balaban J connectivity index is 2.57. The van der Waals surface area contributed by atoms with Gasteiger partial charge in [0.05, 0.1) is 11.6 Å². The van der Waals surface area contributed by atoms with Crippen molar-refractivity contribution in [1.29, 1.82) is 5.26 Å². The van der Waals surface area contributed by atoms with E-state index in [1.165, 1.54) is 0 Å². The van der Waals surface area contributed by atoms with Crippen LogP contribution in [0, 0.1) is 11.3 Å². The zero-order valence-electron chi connectivity index (χ0n) is 6.50. The van der Waals surface area contributed by atoms with Gasteiger partial charge in [-0.2, -0.15) is 5.26 Å². The fourth-order valence-electron chi connectivity index (χ4n) is 1.30. The monoisotopic (exact) mass is 157 g/mol. The molecule has 1 aliphatic rings. The van der Waals surface area contributed by atoms with E-state index in [0.29, 0.717) is 17.9 Å². The number of ether oxygens (including phenoxy) is 1. The summed E-state index contributed by atoms with van der Waals surface area (Å²) in [4.78, 5) is 0. The van der Waals surface area contributed by atoms with Crippen LogP contribution in [0.1, 0.15) is 16.7 Å². The summed E-state index contributed by atoms with van der Waals surface area (Å²) in [6.07, 6.45) is 0. The van der Waals surface area contributed by atoms with Crippen LogP contribution in [0.25, 0.3) is 5.76 Å². The first-order chi connectivity index (χ1) is 5.81. The summed E-state index contributed by atoms with van der Waals surface area (Å²) in [6, 6.07) is 7.58. The number of rotatable bonds is 0. The van der Waals surface area contributed by atoms with Gasteiger partial charge >= 0.3 is 0 Å². The topological polar surface area (TPSA) is 33.0 Å². The van der Waals surface area contributed by atoms with E-state index in [4.69, 9.17) is 10.00 Å². The summed E-state index contributed by atoms with van der Waals surface area (Å²) >= 11 is 0. The van der Waals surface area contributed by atoms with E-state index in [1.807, 2.05) is 12.1 Å². The quantitative estimate of drug-likeness (QED) is 0.577. The number of benzene rings is 1. The molecule has 0 aliphatic carbocycles. The van der Waals surface area contributed by atoms with Crippen LogP contribution in [-0.4, -0.2) is 0 Å². The van der Waals surface area contributed by atoms with Gasteiger partial charge in [-0.25, -0.2) is 0 Å². The molecular weight excluding hydrogens is 150 g/mol. The first kappa shape index (κ1) is 6.93. The second kappa shape index (κ2) is 2.38. The van der Waals surface area contributed by atoms with Gasteiger partial charge in [0.25, 0.3) is 0 Å². The molecule has 0 atom stereocenters. The minimum Gasteiger partial charge on any atom is -0.489 e. The molecular formula is C10H7NO. The van der Waals surface area contributed by atoms with Gasteiger partial charge in [0, 0.05) is 11.1 Å². The fourth-order valence-corrected chi connectivity index (χ4v) is 1.30. The highest BCUT2D eigenvalue weighted by molar-refractivity contribution is 5.65. The molecule has 0 aromatic heterocycles. The van der Waals surface area contributed by atoms with Gasteiger partial charge in [-0.15, -0.1) is 0 Å². The molecule has 1 aromatic rings. The third-order valence-electron chi connectivity index (χ3n) is 1.94. The van der Waals surface area contributed by atoms with E-state index in [2.05, 4.69) is 12.6 Å². The first-order valence-corrected chi connectivity index (χ1v) is 3.66. The SMILES string of the molecule is C=C1OCc2cc(C#N)ccc21. The summed E-state index contributed by atoms with van der Waals surface area (Å²) in [5.41, 5.74) is 2.75. The molecule has 0 amide bonds. The maximum absolute atomic E-state index is 8.62. The van der Waals surface area contributed by atoms with Crippen molar-refractivity contribution in [3.63, 3.8) is 0 Å². The lowest BCUT2D eigenvalue weighted by atomic mass is 10.1. The van der Waals surface area contributed by atoms with E-state index in [1.54, 1.807) is 6.07 Å². The molecule has 2 nitrogen and oxygen atoms in total. The average molecular weight is 157 g/mol. The summed E-state index contributed by atoms with van der Waals surface area (Å²) in [6.45, 7) is 4.29. The Morgan fingerprint density at radius 1 is 1.50 bits per heavy atom. The standard InChI is InChI=1S/C10H7NO/c1-7-10-3-2-8(5-11)4-9(10)6-12-7/h2-4H,1,6H2. The van der Waals surface area contributed by atoms with Crippen molar-refractivity contribution in [2.24, 2.45) is 0 Å². The largest absolute Gasteiger partial charge is 0.489 e. The Bertz CT molecular complexity index is 387. The third-order valence-corrected chi connectivity index (χ3v) is 1.94. The van der Waals surface area contributed by atoms with E-state index >= 15 is 0 Å². The molecule has 0 spiro atoms. The van der Waals surface area contributed by atoms with Gasteiger partial charge in [-0.05, 0) is 18.2 Å². The van der Waals surface area contributed by atoms with E-state index in [0.717, 1.165) is 11.1 Å². The Kier molecular flexibility index (Phi) is 1.38. The lowest BCUT2D eigenvalue weighted by Gasteiger charge is -1.94. The van der Waals surface area contributed by atoms with Crippen molar-refractivity contribution < 1.29 is 4.74 Å². The molecule has 0 unspecified atom stereocenters. The summed E-state index contributed by atoms with van der Waals surface area (Å²) in [5.74, 6) is 0.703. The van der Waals surface area contributed by atoms with Crippen LogP contribution < -0.4 is 0 Å². The molecule has 0 saturated carbocycles. The lowest BCUT2D eigenvalue weighted by Crippen LogP contribution is -1.82. The first-order valence-electron chi connectivity index (χ1n) is 3.66. The molecule has 0 N–H and O–H groups in total. The third kappa shape index (κ3) is 0.876. The zero-order valence-corrected chi connectivity index (χ0v) is 6.50. The zero-order chi connectivity index (χ0) is 8.55. The molecule has 12 heavy (non-hydrogen) atoms. The minimum absolute atomic E-state index is 0.545.